The van der Waals surface area contributed by atoms with E-state index < -0.39 is 34.5 Å². The summed E-state index contributed by atoms with van der Waals surface area (Å²) in [7, 11) is 0. The molecule has 5 aromatic carbocycles. The Balaban J connectivity index is 1.17. The van der Waals surface area contributed by atoms with Crippen LogP contribution in [-0.2, 0) is 0 Å². The third-order valence-corrected chi connectivity index (χ3v) is 9.39. The molecule has 1 N–H and O–H groups in total. The van der Waals surface area contributed by atoms with Gasteiger partial charge in [-0.3, -0.25) is 29.3 Å². The number of esters is 1. The van der Waals surface area contributed by atoms with E-state index >= 15 is 0 Å². The predicted molar refractivity (Wildman–Crippen MR) is 191 cm³/mol. The van der Waals surface area contributed by atoms with Crippen molar-refractivity contribution in [3.8, 4) is 11.5 Å². The molecule has 0 fully saturated rings. The number of phenolic OH excluding ortho intramolecular Hbond substituents is 1. The molecule has 0 bridgehead atoms. The highest BCUT2D eigenvalue weighted by Crippen LogP contribution is 2.43. The van der Waals surface area contributed by atoms with E-state index in [1.165, 1.54) is 54.6 Å². The number of rotatable bonds is 7. The number of imide groups is 2. The molecule has 0 spiro atoms. The van der Waals surface area contributed by atoms with Gasteiger partial charge in [-0.05, 0) is 105 Å². The first-order valence-corrected chi connectivity index (χ1v) is 16.1. The van der Waals surface area contributed by atoms with Crippen LogP contribution in [0.15, 0.2) is 95.2 Å². The number of hydrogen-bond donors (Lipinski definition) is 1. The smallest absolute Gasteiger partial charge is 0.343 e. The molecule has 0 aromatic heterocycles. The van der Waals surface area contributed by atoms with Gasteiger partial charge < -0.3 is 9.84 Å². The lowest BCUT2D eigenvalue weighted by molar-refractivity contribution is -0.384. The van der Waals surface area contributed by atoms with Crippen LogP contribution >= 0.6 is 0 Å². The summed E-state index contributed by atoms with van der Waals surface area (Å²) in [6.45, 7) is 6.85. The summed E-state index contributed by atoms with van der Waals surface area (Å²) in [6, 6.07) is 19.6. The van der Waals surface area contributed by atoms with Crippen molar-refractivity contribution in [2.45, 2.75) is 27.7 Å². The molecule has 14 nitrogen and oxygen atoms in total. The molecule has 7 rings (SSSR count). The second-order valence-corrected chi connectivity index (χ2v) is 12.4. The summed E-state index contributed by atoms with van der Waals surface area (Å²) in [6.07, 6.45) is 0. The molecule has 0 aliphatic carbocycles. The van der Waals surface area contributed by atoms with Gasteiger partial charge in [0.05, 0.1) is 49.8 Å². The maximum absolute atomic E-state index is 14.0. The highest BCUT2D eigenvalue weighted by molar-refractivity contribution is 6.36. The zero-order valence-electron chi connectivity index (χ0n) is 28.5. The molecule has 262 valence electrons. The maximum Gasteiger partial charge on any atom is 0.343 e. The third-order valence-electron chi connectivity index (χ3n) is 9.39. The quantitative estimate of drug-likeness (QED) is 0.0439. The standard InChI is InChI=1S/C39H27N5O9/c1-19-21(3)34(22(4)20(2)33(19)42-35(46)27-7-5-6-8-28(27)36(42)47)43-37(48)29-15-9-23(17-30(29)38(43)49)39(50)53-32-18-26(45)14-16-31(32)41-40-24-10-12-25(13-11-24)44(51)52/h5-18,45H,1-4H3. The summed E-state index contributed by atoms with van der Waals surface area (Å²) in [4.78, 5) is 80.5. The summed E-state index contributed by atoms with van der Waals surface area (Å²) in [5.41, 5.74) is 3.48. The summed E-state index contributed by atoms with van der Waals surface area (Å²) < 4.78 is 5.55. The van der Waals surface area contributed by atoms with Gasteiger partial charge >= 0.3 is 5.97 Å². The van der Waals surface area contributed by atoms with Crippen LogP contribution < -0.4 is 14.5 Å². The number of fused-ring (bicyclic) bond motifs is 2. The number of anilines is 2. The fraction of sp³-hybridized carbons (Fsp3) is 0.103. The van der Waals surface area contributed by atoms with Crippen molar-refractivity contribution >= 4 is 58.0 Å². The van der Waals surface area contributed by atoms with Gasteiger partial charge in [-0.2, -0.15) is 5.11 Å². The molecule has 0 radical (unpaired) electrons. The highest BCUT2D eigenvalue weighted by atomic mass is 16.6. The van der Waals surface area contributed by atoms with Gasteiger partial charge in [0.2, 0.25) is 0 Å². The van der Waals surface area contributed by atoms with Crippen molar-refractivity contribution in [2.24, 2.45) is 10.2 Å². The number of nitrogens with zero attached hydrogens (tertiary/aromatic N) is 5. The summed E-state index contributed by atoms with van der Waals surface area (Å²) >= 11 is 0. The fourth-order valence-corrected chi connectivity index (χ4v) is 6.49. The van der Waals surface area contributed by atoms with Gasteiger partial charge in [0.25, 0.3) is 29.3 Å². The number of ether oxygens (including phenoxy) is 1. The van der Waals surface area contributed by atoms with E-state index in [9.17, 15) is 39.2 Å². The average Bonchev–Trinajstić information content (AvgIpc) is 3.54. The van der Waals surface area contributed by atoms with Crippen molar-refractivity contribution in [3.05, 3.63) is 145 Å². The zero-order valence-corrected chi connectivity index (χ0v) is 28.5. The SMILES string of the molecule is Cc1c(C)c(N2C(=O)c3ccc(C(=O)Oc4cc(O)ccc4N=Nc4ccc([N+](=O)[O-])cc4)cc3C2=O)c(C)c(C)c1N1C(=O)c2ccccc2C1=O. The minimum absolute atomic E-state index is 0.0445. The molecule has 0 unspecified atom stereocenters. The van der Waals surface area contributed by atoms with Gasteiger partial charge in [-0.15, -0.1) is 5.11 Å². The van der Waals surface area contributed by atoms with E-state index in [1.54, 1.807) is 52.0 Å². The van der Waals surface area contributed by atoms with Gasteiger partial charge in [0.1, 0.15) is 11.4 Å². The Labute approximate surface area is 300 Å². The Hall–Kier alpha value is -7.35. The van der Waals surface area contributed by atoms with E-state index in [4.69, 9.17) is 4.74 Å². The highest BCUT2D eigenvalue weighted by Gasteiger charge is 2.42. The largest absolute Gasteiger partial charge is 0.508 e. The van der Waals surface area contributed by atoms with E-state index in [0.717, 1.165) is 15.9 Å². The van der Waals surface area contributed by atoms with Crippen LogP contribution in [0.25, 0.3) is 0 Å². The molecule has 2 heterocycles. The fourth-order valence-electron chi connectivity index (χ4n) is 6.49. The van der Waals surface area contributed by atoms with Crippen molar-refractivity contribution in [1.29, 1.82) is 0 Å². The lowest BCUT2D eigenvalue weighted by atomic mass is 9.94. The molecule has 4 amide bonds. The van der Waals surface area contributed by atoms with Crippen LogP contribution in [-0.4, -0.2) is 39.6 Å². The second-order valence-electron chi connectivity index (χ2n) is 12.4. The van der Waals surface area contributed by atoms with Crippen LogP contribution in [0.2, 0.25) is 0 Å². The molecule has 53 heavy (non-hydrogen) atoms. The molecule has 0 saturated carbocycles. The van der Waals surface area contributed by atoms with Gasteiger partial charge in [0.15, 0.2) is 5.75 Å². The van der Waals surface area contributed by atoms with Crippen molar-refractivity contribution in [3.63, 3.8) is 0 Å². The topological polar surface area (TPSA) is 189 Å². The van der Waals surface area contributed by atoms with E-state index in [2.05, 4.69) is 10.2 Å². The zero-order chi connectivity index (χ0) is 37.9. The number of aromatic hydroxyl groups is 1. The lowest BCUT2D eigenvalue weighted by Gasteiger charge is -2.28. The van der Waals surface area contributed by atoms with Crippen LogP contribution in [0, 0.1) is 37.8 Å². The molecular formula is C39H27N5O9. The molecule has 0 atom stereocenters. The first kappa shape index (κ1) is 34.1. The third kappa shape index (κ3) is 5.58. The number of benzene rings is 5. The maximum atomic E-state index is 14.0. The Morgan fingerprint density at radius 1 is 0.660 bits per heavy atom. The second kappa shape index (κ2) is 12.8. The van der Waals surface area contributed by atoms with Crippen molar-refractivity contribution < 1.29 is 38.7 Å². The first-order valence-electron chi connectivity index (χ1n) is 16.1. The number of carbonyl (C=O) groups is 5. The Bertz CT molecular complexity index is 2460. The number of non-ortho nitro benzene ring substituents is 1. The summed E-state index contributed by atoms with van der Waals surface area (Å²) in [5.74, 6) is -3.56. The number of hydrogen-bond acceptors (Lipinski definition) is 11. The van der Waals surface area contributed by atoms with E-state index in [0.29, 0.717) is 33.6 Å². The minimum Gasteiger partial charge on any atom is -0.508 e. The lowest BCUT2D eigenvalue weighted by Crippen LogP contribution is -2.34. The molecule has 14 heteroatoms. The number of azo groups is 1. The van der Waals surface area contributed by atoms with Gasteiger partial charge in [0, 0.05) is 18.2 Å². The monoisotopic (exact) mass is 709 g/mol. The average molecular weight is 710 g/mol. The normalized spacial score (nSPS) is 13.6. The Morgan fingerprint density at radius 2 is 1.17 bits per heavy atom. The van der Waals surface area contributed by atoms with Crippen LogP contribution in [0.5, 0.6) is 11.5 Å². The first-order chi connectivity index (χ1) is 25.3. The molecule has 0 saturated heterocycles. The Morgan fingerprint density at radius 3 is 1.70 bits per heavy atom. The minimum atomic E-state index is -0.923. The Kier molecular flexibility index (Phi) is 8.21. The van der Waals surface area contributed by atoms with E-state index in [-0.39, 0.29) is 56.4 Å². The van der Waals surface area contributed by atoms with Gasteiger partial charge in [-0.1, -0.05) is 12.1 Å². The summed E-state index contributed by atoms with van der Waals surface area (Å²) in [5, 5.41) is 29.1. The number of phenols is 1. The molecule has 2 aliphatic rings. The van der Waals surface area contributed by atoms with Crippen molar-refractivity contribution in [2.75, 3.05) is 9.80 Å². The van der Waals surface area contributed by atoms with E-state index in [1.807, 2.05) is 0 Å². The van der Waals surface area contributed by atoms with Crippen LogP contribution in [0.3, 0.4) is 0 Å². The number of nitro benzene ring substituents is 1. The number of amides is 4. The van der Waals surface area contributed by atoms with Crippen LogP contribution in [0.1, 0.15) is 74.0 Å². The van der Waals surface area contributed by atoms with Crippen molar-refractivity contribution in [1.82, 2.24) is 0 Å². The number of carbonyl (C=O) groups excluding carboxylic acids is 5. The van der Waals surface area contributed by atoms with Crippen LogP contribution in [0.4, 0.5) is 28.4 Å². The molecular weight excluding hydrogens is 682 g/mol. The number of nitro groups is 1. The molecule has 2 aliphatic heterocycles. The van der Waals surface area contributed by atoms with Gasteiger partial charge in [-0.25, -0.2) is 14.6 Å². The predicted octanol–water partition coefficient (Wildman–Crippen LogP) is 7.77. The molecule has 5 aromatic rings.